The van der Waals surface area contributed by atoms with Crippen molar-refractivity contribution in [3.05, 3.63) is 58.1 Å². The highest BCUT2D eigenvalue weighted by molar-refractivity contribution is 6.35. The molecule has 0 radical (unpaired) electrons. The van der Waals surface area contributed by atoms with Gasteiger partial charge in [-0.1, -0.05) is 23.2 Å². The van der Waals surface area contributed by atoms with Crippen LogP contribution in [0.5, 0.6) is 11.5 Å². The Bertz CT molecular complexity index is 718. The van der Waals surface area contributed by atoms with E-state index in [1.807, 2.05) is 0 Å². The first kappa shape index (κ1) is 18.1. The molecule has 0 aromatic heterocycles. The van der Waals surface area contributed by atoms with Gasteiger partial charge < -0.3 is 9.84 Å². The van der Waals surface area contributed by atoms with Gasteiger partial charge in [-0.05, 0) is 54.4 Å². The normalized spacial score (nSPS) is 10.8. The van der Waals surface area contributed by atoms with Gasteiger partial charge in [0.15, 0.2) is 0 Å². The third-order valence-electron chi connectivity index (χ3n) is 3.00. The predicted octanol–water partition coefficient (Wildman–Crippen LogP) is 4.01. The van der Waals surface area contributed by atoms with E-state index in [1.54, 1.807) is 42.5 Å². The summed E-state index contributed by atoms with van der Waals surface area (Å²) in [4.78, 5) is 11.6. The summed E-state index contributed by atoms with van der Waals surface area (Å²) in [7, 11) is 0. The molecular formula is C17H16Cl2N2O3. The molecule has 0 bridgehead atoms. The van der Waals surface area contributed by atoms with Crippen LogP contribution in [0.1, 0.15) is 18.4 Å². The largest absolute Gasteiger partial charge is 0.508 e. The summed E-state index contributed by atoms with van der Waals surface area (Å²) in [6.45, 7) is 0.358. The Morgan fingerprint density at radius 3 is 2.67 bits per heavy atom. The van der Waals surface area contributed by atoms with Crippen molar-refractivity contribution in [2.24, 2.45) is 5.10 Å². The van der Waals surface area contributed by atoms with Crippen LogP contribution in [0.15, 0.2) is 47.6 Å². The Hall–Kier alpha value is -2.24. The maximum Gasteiger partial charge on any atom is 0.240 e. The van der Waals surface area contributed by atoms with Crippen LogP contribution in [0.3, 0.4) is 0 Å². The second-order valence-electron chi connectivity index (χ2n) is 4.91. The van der Waals surface area contributed by atoms with Gasteiger partial charge in [0, 0.05) is 11.4 Å². The molecule has 0 saturated heterocycles. The summed E-state index contributed by atoms with van der Waals surface area (Å²) in [5, 5.41) is 14.0. The van der Waals surface area contributed by atoms with Gasteiger partial charge in [0.2, 0.25) is 5.91 Å². The van der Waals surface area contributed by atoms with Gasteiger partial charge >= 0.3 is 0 Å². The molecule has 1 amide bonds. The number of hydrogen-bond acceptors (Lipinski definition) is 4. The molecule has 0 atom stereocenters. The molecule has 7 heteroatoms. The Labute approximate surface area is 149 Å². The van der Waals surface area contributed by atoms with Crippen LogP contribution < -0.4 is 10.2 Å². The number of nitrogens with one attached hydrogen (secondary N) is 1. The fourth-order valence-electron chi connectivity index (χ4n) is 1.80. The van der Waals surface area contributed by atoms with Crippen LogP contribution >= 0.6 is 23.2 Å². The maximum absolute atomic E-state index is 11.6. The highest BCUT2D eigenvalue weighted by Crippen LogP contribution is 2.27. The fraction of sp³-hybridized carbons (Fsp3) is 0.176. The van der Waals surface area contributed by atoms with E-state index >= 15 is 0 Å². The minimum Gasteiger partial charge on any atom is -0.508 e. The number of benzene rings is 2. The quantitative estimate of drug-likeness (QED) is 0.441. The van der Waals surface area contributed by atoms with Crippen LogP contribution in [-0.2, 0) is 4.79 Å². The molecule has 0 aliphatic heterocycles. The van der Waals surface area contributed by atoms with Crippen molar-refractivity contribution in [3.63, 3.8) is 0 Å². The summed E-state index contributed by atoms with van der Waals surface area (Å²) in [5.74, 6) is 0.500. The minimum atomic E-state index is -0.212. The van der Waals surface area contributed by atoms with E-state index in [9.17, 15) is 4.79 Å². The summed E-state index contributed by atoms with van der Waals surface area (Å²) in [5.41, 5.74) is 3.20. The lowest BCUT2D eigenvalue weighted by atomic mass is 10.2. The predicted molar refractivity (Wildman–Crippen MR) is 95.0 cm³/mol. The monoisotopic (exact) mass is 366 g/mol. The van der Waals surface area contributed by atoms with Gasteiger partial charge in [-0.3, -0.25) is 4.79 Å². The topological polar surface area (TPSA) is 70.9 Å². The Balaban J connectivity index is 1.67. The van der Waals surface area contributed by atoms with E-state index < -0.39 is 0 Å². The van der Waals surface area contributed by atoms with Crippen molar-refractivity contribution in [3.8, 4) is 11.5 Å². The average Bonchev–Trinajstić information content (AvgIpc) is 2.55. The highest BCUT2D eigenvalue weighted by Gasteiger charge is 2.04. The molecule has 0 saturated carbocycles. The second-order valence-corrected chi connectivity index (χ2v) is 5.76. The number of aromatic hydroxyl groups is 1. The molecule has 0 spiro atoms. The van der Waals surface area contributed by atoms with Crippen molar-refractivity contribution in [2.75, 3.05) is 6.61 Å². The molecule has 2 aromatic carbocycles. The van der Waals surface area contributed by atoms with Gasteiger partial charge in [0.1, 0.15) is 11.5 Å². The van der Waals surface area contributed by atoms with E-state index in [0.29, 0.717) is 28.8 Å². The zero-order valence-electron chi connectivity index (χ0n) is 12.7. The SMILES string of the molecule is O=C(CCCOc1ccc(Cl)cc1Cl)N/N=C/c1ccc(O)cc1. The summed E-state index contributed by atoms with van der Waals surface area (Å²) < 4.78 is 5.49. The zero-order chi connectivity index (χ0) is 17.4. The van der Waals surface area contributed by atoms with E-state index in [2.05, 4.69) is 10.5 Å². The smallest absolute Gasteiger partial charge is 0.240 e. The highest BCUT2D eigenvalue weighted by atomic mass is 35.5. The Morgan fingerprint density at radius 2 is 1.96 bits per heavy atom. The van der Waals surface area contributed by atoms with Crippen LogP contribution in [0.2, 0.25) is 10.0 Å². The van der Waals surface area contributed by atoms with Gasteiger partial charge in [0.05, 0.1) is 17.8 Å². The Morgan fingerprint density at radius 1 is 1.21 bits per heavy atom. The standard InChI is InChI=1S/C17H16Cl2N2O3/c18-13-5-8-16(15(19)10-13)24-9-1-2-17(23)21-20-11-12-3-6-14(22)7-4-12/h3-8,10-11,22H,1-2,9H2,(H,21,23)/b20-11+. The molecule has 126 valence electrons. The minimum absolute atomic E-state index is 0.178. The van der Waals surface area contributed by atoms with Crippen molar-refractivity contribution in [1.29, 1.82) is 0 Å². The number of carbonyl (C=O) groups excluding carboxylic acids is 1. The second kappa shape index (κ2) is 9.15. The summed E-state index contributed by atoms with van der Waals surface area (Å²) in [6.07, 6.45) is 2.30. The first-order valence-electron chi connectivity index (χ1n) is 7.23. The van der Waals surface area contributed by atoms with Crippen molar-refractivity contribution in [2.45, 2.75) is 12.8 Å². The average molecular weight is 367 g/mol. The van der Waals surface area contributed by atoms with Crippen molar-refractivity contribution in [1.82, 2.24) is 5.43 Å². The molecule has 2 rings (SSSR count). The molecule has 0 aliphatic carbocycles. The lowest BCUT2D eigenvalue weighted by Crippen LogP contribution is -2.18. The number of halogens is 2. The van der Waals surface area contributed by atoms with Crippen molar-refractivity contribution >= 4 is 35.3 Å². The summed E-state index contributed by atoms with van der Waals surface area (Å²) >= 11 is 11.8. The van der Waals surface area contributed by atoms with E-state index in [-0.39, 0.29) is 18.1 Å². The number of phenolic OH excluding ortho intramolecular Hbond substituents is 1. The lowest BCUT2D eigenvalue weighted by Gasteiger charge is -2.07. The first-order valence-corrected chi connectivity index (χ1v) is 7.99. The fourth-order valence-corrected chi connectivity index (χ4v) is 2.27. The molecule has 0 heterocycles. The van der Waals surface area contributed by atoms with Gasteiger partial charge in [-0.25, -0.2) is 5.43 Å². The molecule has 2 N–H and O–H groups in total. The van der Waals surface area contributed by atoms with E-state index in [0.717, 1.165) is 5.56 Å². The maximum atomic E-state index is 11.6. The number of amides is 1. The molecule has 5 nitrogen and oxygen atoms in total. The number of ether oxygens (including phenoxy) is 1. The van der Waals surface area contributed by atoms with Gasteiger partial charge in [-0.15, -0.1) is 0 Å². The molecule has 24 heavy (non-hydrogen) atoms. The third-order valence-corrected chi connectivity index (χ3v) is 3.53. The number of nitrogens with zero attached hydrogens (tertiary/aromatic N) is 1. The molecule has 2 aromatic rings. The first-order chi connectivity index (χ1) is 11.5. The number of hydrazone groups is 1. The Kier molecular flexibility index (Phi) is 6.90. The van der Waals surface area contributed by atoms with Crippen molar-refractivity contribution < 1.29 is 14.6 Å². The molecule has 0 fully saturated rings. The number of carbonyl (C=O) groups is 1. The van der Waals surface area contributed by atoms with Gasteiger partial charge in [0.25, 0.3) is 0 Å². The van der Waals surface area contributed by atoms with E-state index in [4.69, 9.17) is 33.0 Å². The molecule has 0 aliphatic rings. The van der Waals surface area contributed by atoms with E-state index in [1.165, 1.54) is 6.21 Å². The van der Waals surface area contributed by atoms with Crippen LogP contribution in [0.4, 0.5) is 0 Å². The van der Waals surface area contributed by atoms with Crippen LogP contribution in [0, 0.1) is 0 Å². The number of phenols is 1. The van der Waals surface area contributed by atoms with Gasteiger partial charge in [-0.2, -0.15) is 5.10 Å². The van der Waals surface area contributed by atoms with Crippen LogP contribution in [0.25, 0.3) is 0 Å². The number of rotatable bonds is 7. The van der Waals surface area contributed by atoms with Crippen LogP contribution in [-0.4, -0.2) is 23.8 Å². The zero-order valence-corrected chi connectivity index (χ0v) is 14.2. The third kappa shape index (κ3) is 6.10. The number of hydrogen-bond donors (Lipinski definition) is 2. The molecular weight excluding hydrogens is 351 g/mol. The molecule has 0 unspecified atom stereocenters. The summed E-state index contributed by atoms with van der Waals surface area (Å²) in [6, 6.07) is 11.4. The lowest BCUT2D eigenvalue weighted by molar-refractivity contribution is -0.121.